The summed E-state index contributed by atoms with van der Waals surface area (Å²) in [7, 11) is 0. The van der Waals surface area contributed by atoms with E-state index in [0.29, 0.717) is 12.5 Å². The molecule has 1 aromatic rings. The fraction of sp³-hybridized carbons (Fsp3) is 0.474. The Balaban J connectivity index is 1.81. The monoisotopic (exact) mass is 342 g/mol. The molecule has 1 aliphatic rings. The average molecular weight is 342 g/mol. The Morgan fingerprint density at radius 3 is 2.60 bits per heavy atom. The van der Waals surface area contributed by atoms with Crippen molar-refractivity contribution in [1.29, 1.82) is 5.26 Å². The van der Waals surface area contributed by atoms with Crippen molar-refractivity contribution >= 4 is 11.6 Å². The molecule has 0 spiro atoms. The van der Waals surface area contributed by atoms with Gasteiger partial charge < -0.3 is 15.4 Å². The topological polar surface area (TPSA) is 77.4 Å². The number of nitrogens with zero attached hydrogens (tertiary/aromatic N) is 2. The first-order chi connectivity index (χ1) is 12.1. The molecule has 1 saturated heterocycles. The molecule has 0 aromatic heterocycles. The summed E-state index contributed by atoms with van der Waals surface area (Å²) in [5.74, 6) is 0.110. The molecule has 25 heavy (non-hydrogen) atoms. The second-order valence-electron chi connectivity index (χ2n) is 6.30. The molecule has 6 heteroatoms. The van der Waals surface area contributed by atoms with E-state index in [2.05, 4.69) is 29.4 Å². The summed E-state index contributed by atoms with van der Waals surface area (Å²) in [6.45, 7) is 8.77. The standard InChI is InChI=1S/C19H26N4O2/c1-15(2)16-3-5-18(6-4-16)22-14-17(13-20)19(24)21-7-8-23-9-11-25-12-10-23/h3-6,14-15,22H,7-12H2,1-2H3,(H,21,24)/b17-14-. The van der Waals surface area contributed by atoms with Crippen LogP contribution in [0.4, 0.5) is 5.69 Å². The van der Waals surface area contributed by atoms with Crippen LogP contribution in [0.5, 0.6) is 0 Å². The highest BCUT2D eigenvalue weighted by Gasteiger charge is 2.12. The zero-order valence-electron chi connectivity index (χ0n) is 14.9. The third-order valence-corrected chi connectivity index (χ3v) is 4.14. The van der Waals surface area contributed by atoms with Gasteiger partial charge in [0, 0.05) is 38.1 Å². The lowest BCUT2D eigenvalue weighted by Crippen LogP contribution is -2.41. The number of ether oxygens (including phenoxy) is 1. The van der Waals surface area contributed by atoms with Crippen molar-refractivity contribution in [3.05, 3.63) is 41.6 Å². The van der Waals surface area contributed by atoms with Gasteiger partial charge in [-0.3, -0.25) is 9.69 Å². The van der Waals surface area contributed by atoms with Crippen molar-refractivity contribution in [2.45, 2.75) is 19.8 Å². The van der Waals surface area contributed by atoms with Crippen LogP contribution in [0.25, 0.3) is 0 Å². The number of hydrogen-bond acceptors (Lipinski definition) is 5. The molecule has 1 aromatic carbocycles. The zero-order chi connectivity index (χ0) is 18.1. The van der Waals surface area contributed by atoms with E-state index < -0.39 is 0 Å². The van der Waals surface area contributed by atoms with E-state index >= 15 is 0 Å². The maximum absolute atomic E-state index is 12.1. The largest absolute Gasteiger partial charge is 0.379 e. The van der Waals surface area contributed by atoms with Crippen LogP contribution < -0.4 is 10.6 Å². The van der Waals surface area contributed by atoms with Gasteiger partial charge in [-0.25, -0.2) is 0 Å². The van der Waals surface area contributed by atoms with Crippen LogP contribution in [0.3, 0.4) is 0 Å². The van der Waals surface area contributed by atoms with Gasteiger partial charge in [0.25, 0.3) is 5.91 Å². The van der Waals surface area contributed by atoms with E-state index in [0.717, 1.165) is 38.5 Å². The normalized spacial score (nSPS) is 15.7. The molecule has 0 radical (unpaired) electrons. The highest BCUT2D eigenvalue weighted by molar-refractivity contribution is 5.97. The second-order valence-corrected chi connectivity index (χ2v) is 6.30. The fourth-order valence-electron chi connectivity index (χ4n) is 2.52. The second kappa shape index (κ2) is 9.82. The van der Waals surface area contributed by atoms with Crippen LogP contribution in [0.1, 0.15) is 25.3 Å². The van der Waals surface area contributed by atoms with Crippen molar-refractivity contribution in [2.24, 2.45) is 0 Å². The number of benzene rings is 1. The molecule has 134 valence electrons. The molecular weight excluding hydrogens is 316 g/mol. The Morgan fingerprint density at radius 2 is 2.00 bits per heavy atom. The summed E-state index contributed by atoms with van der Waals surface area (Å²) < 4.78 is 5.29. The molecular formula is C19H26N4O2. The molecule has 1 aliphatic heterocycles. The Hall–Kier alpha value is -2.36. The molecule has 2 rings (SSSR count). The predicted octanol–water partition coefficient (Wildman–Crippen LogP) is 2.08. The lowest BCUT2D eigenvalue weighted by atomic mass is 10.0. The van der Waals surface area contributed by atoms with Gasteiger partial charge in [0.05, 0.1) is 13.2 Å². The summed E-state index contributed by atoms with van der Waals surface area (Å²) in [5, 5.41) is 15.0. The van der Waals surface area contributed by atoms with E-state index in [1.54, 1.807) is 0 Å². The van der Waals surface area contributed by atoms with Crippen molar-refractivity contribution in [2.75, 3.05) is 44.7 Å². The number of nitrogens with one attached hydrogen (secondary N) is 2. The van der Waals surface area contributed by atoms with E-state index in [9.17, 15) is 10.1 Å². The SMILES string of the molecule is CC(C)c1ccc(N/C=C(/C#N)C(=O)NCCN2CCOCC2)cc1. The van der Waals surface area contributed by atoms with Crippen LogP contribution in [0, 0.1) is 11.3 Å². The van der Waals surface area contributed by atoms with Crippen molar-refractivity contribution < 1.29 is 9.53 Å². The Labute approximate surface area is 149 Å². The summed E-state index contributed by atoms with van der Waals surface area (Å²) in [4.78, 5) is 14.3. The van der Waals surface area contributed by atoms with Crippen LogP contribution in [-0.4, -0.2) is 50.2 Å². The zero-order valence-corrected chi connectivity index (χ0v) is 14.9. The van der Waals surface area contributed by atoms with Crippen molar-refractivity contribution in [3.8, 4) is 6.07 Å². The summed E-state index contributed by atoms with van der Waals surface area (Å²) in [5.41, 5.74) is 2.16. The minimum atomic E-state index is -0.359. The first-order valence-corrected chi connectivity index (χ1v) is 8.65. The minimum absolute atomic E-state index is 0.0647. The number of carbonyl (C=O) groups excluding carboxylic acids is 1. The predicted molar refractivity (Wildman–Crippen MR) is 98.1 cm³/mol. The van der Waals surface area contributed by atoms with Crippen LogP contribution in [-0.2, 0) is 9.53 Å². The third-order valence-electron chi connectivity index (χ3n) is 4.14. The van der Waals surface area contributed by atoms with E-state index in [1.807, 2.05) is 30.3 Å². The van der Waals surface area contributed by atoms with E-state index in [1.165, 1.54) is 11.8 Å². The average Bonchev–Trinajstić information content (AvgIpc) is 2.63. The van der Waals surface area contributed by atoms with Crippen LogP contribution in [0.15, 0.2) is 36.0 Å². The van der Waals surface area contributed by atoms with Crippen molar-refractivity contribution in [1.82, 2.24) is 10.2 Å². The molecule has 1 fully saturated rings. The number of nitriles is 1. The number of amides is 1. The van der Waals surface area contributed by atoms with Gasteiger partial charge in [0.2, 0.25) is 0 Å². The molecule has 0 unspecified atom stereocenters. The minimum Gasteiger partial charge on any atom is -0.379 e. The Bertz CT molecular complexity index is 626. The number of rotatable bonds is 7. The lowest BCUT2D eigenvalue weighted by molar-refractivity contribution is -0.117. The van der Waals surface area contributed by atoms with Gasteiger partial charge in [0.1, 0.15) is 11.6 Å². The molecule has 0 bridgehead atoms. The Morgan fingerprint density at radius 1 is 1.32 bits per heavy atom. The number of hydrogen-bond donors (Lipinski definition) is 2. The maximum Gasteiger partial charge on any atom is 0.263 e. The van der Waals surface area contributed by atoms with E-state index in [4.69, 9.17) is 4.74 Å². The van der Waals surface area contributed by atoms with Gasteiger partial charge in [-0.2, -0.15) is 5.26 Å². The number of morpholine rings is 1. The molecule has 1 heterocycles. The third kappa shape index (κ3) is 6.22. The van der Waals surface area contributed by atoms with Gasteiger partial charge >= 0.3 is 0 Å². The van der Waals surface area contributed by atoms with Crippen LogP contribution >= 0.6 is 0 Å². The molecule has 1 amide bonds. The van der Waals surface area contributed by atoms with Gasteiger partial charge in [-0.15, -0.1) is 0 Å². The maximum atomic E-state index is 12.1. The molecule has 2 N–H and O–H groups in total. The van der Waals surface area contributed by atoms with Gasteiger partial charge in [0.15, 0.2) is 0 Å². The Kier molecular flexibility index (Phi) is 7.45. The van der Waals surface area contributed by atoms with E-state index in [-0.39, 0.29) is 11.5 Å². The summed E-state index contributed by atoms with van der Waals surface area (Å²) >= 11 is 0. The summed E-state index contributed by atoms with van der Waals surface area (Å²) in [6.07, 6.45) is 1.45. The highest BCUT2D eigenvalue weighted by atomic mass is 16.5. The molecule has 6 nitrogen and oxygen atoms in total. The van der Waals surface area contributed by atoms with Gasteiger partial charge in [-0.1, -0.05) is 26.0 Å². The molecule has 0 atom stereocenters. The van der Waals surface area contributed by atoms with Crippen LogP contribution in [0.2, 0.25) is 0 Å². The smallest absolute Gasteiger partial charge is 0.263 e. The summed E-state index contributed by atoms with van der Waals surface area (Å²) in [6, 6.07) is 9.90. The molecule has 0 aliphatic carbocycles. The van der Waals surface area contributed by atoms with Crippen molar-refractivity contribution in [3.63, 3.8) is 0 Å². The van der Waals surface area contributed by atoms with Gasteiger partial charge in [-0.05, 0) is 23.6 Å². The number of anilines is 1. The first kappa shape index (κ1) is 19.0. The number of carbonyl (C=O) groups is 1. The fourth-order valence-corrected chi connectivity index (χ4v) is 2.52. The lowest BCUT2D eigenvalue weighted by Gasteiger charge is -2.26. The quantitative estimate of drug-likeness (QED) is 0.586. The molecule has 0 saturated carbocycles. The highest BCUT2D eigenvalue weighted by Crippen LogP contribution is 2.17. The first-order valence-electron chi connectivity index (χ1n) is 8.65.